The summed E-state index contributed by atoms with van der Waals surface area (Å²) in [6, 6.07) is 3.81. The summed E-state index contributed by atoms with van der Waals surface area (Å²) in [7, 11) is 0. The number of nitrogen functional groups attached to an aromatic ring is 1. The molecule has 1 aromatic carbocycles. The molecule has 2 N–H and O–H groups in total. The summed E-state index contributed by atoms with van der Waals surface area (Å²) in [5, 5.41) is 0.563. The van der Waals surface area contributed by atoms with Gasteiger partial charge in [0, 0.05) is 18.8 Å². The zero-order valence-corrected chi connectivity index (χ0v) is 11.1. The Kier molecular flexibility index (Phi) is 3.21. The minimum absolute atomic E-state index is 0.475. The highest BCUT2D eigenvalue weighted by Gasteiger charge is 2.15. The normalized spacial score (nSPS) is 14.2. The maximum absolute atomic E-state index is 6.24. The standard InChI is InChI=1S/C13H14ClN3O2/c14-10-6-9(8-17-3-2-16-13(17)15)7-11-12(10)19-5-1-4-18-11/h2-3,6-7H,1,4-5,8H2,(H2,15,16). The predicted octanol–water partition coefficient (Wildman–Crippen LogP) is 2.33. The van der Waals surface area contributed by atoms with E-state index in [1.165, 1.54) is 0 Å². The molecule has 5 nitrogen and oxygen atoms in total. The van der Waals surface area contributed by atoms with E-state index in [0.717, 1.165) is 12.0 Å². The third-order valence-corrected chi connectivity index (χ3v) is 3.24. The van der Waals surface area contributed by atoms with E-state index in [4.69, 9.17) is 26.8 Å². The van der Waals surface area contributed by atoms with Crippen LogP contribution in [-0.2, 0) is 6.54 Å². The van der Waals surface area contributed by atoms with Crippen LogP contribution >= 0.6 is 11.6 Å². The molecule has 100 valence electrons. The molecule has 0 bridgehead atoms. The van der Waals surface area contributed by atoms with Crippen LogP contribution in [0.5, 0.6) is 11.5 Å². The van der Waals surface area contributed by atoms with E-state index in [0.29, 0.717) is 42.2 Å². The molecule has 19 heavy (non-hydrogen) atoms. The molecule has 0 spiro atoms. The first-order valence-electron chi connectivity index (χ1n) is 6.08. The van der Waals surface area contributed by atoms with Gasteiger partial charge in [0.1, 0.15) is 0 Å². The number of nitrogens with zero attached hydrogens (tertiary/aromatic N) is 2. The predicted molar refractivity (Wildman–Crippen MR) is 72.8 cm³/mol. The van der Waals surface area contributed by atoms with Crippen molar-refractivity contribution in [3.8, 4) is 11.5 Å². The molecule has 0 saturated carbocycles. The Labute approximate surface area is 115 Å². The fourth-order valence-corrected chi connectivity index (χ4v) is 2.33. The lowest BCUT2D eigenvalue weighted by Gasteiger charge is -2.12. The van der Waals surface area contributed by atoms with Crippen LogP contribution in [-0.4, -0.2) is 22.8 Å². The van der Waals surface area contributed by atoms with Crippen molar-refractivity contribution < 1.29 is 9.47 Å². The number of imidazole rings is 1. The molecule has 1 aliphatic rings. The molecule has 3 rings (SSSR count). The second kappa shape index (κ2) is 5.01. The Morgan fingerprint density at radius 1 is 1.32 bits per heavy atom. The van der Waals surface area contributed by atoms with Crippen LogP contribution in [0.1, 0.15) is 12.0 Å². The number of fused-ring (bicyclic) bond motifs is 1. The highest BCUT2D eigenvalue weighted by atomic mass is 35.5. The molecule has 1 aromatic heterocycles. The van der Waals surface area contributed by atoms with Crippen LogP contribution in [0.4, 0.5) is 5.95 Å². The molecule has 0 fully saturated rings. The van der Waals surface area contributed by atoms with Crippen LogP contribution in [0, 0.1) is 0 Å². The lowest BCUT2D eigenvalue weighted by Crippen LogP contribution is -2.04. The van der Waals surface area contributed by atoms with Gasteiger partial charge in [-0.1, -0.05) is 11.6 Å². The van der Waals surface area contributed by atoms with Crippen molar-refractivity contribution in [1.82, 2.24) is 9.55 Å². The van der Waals surface area contributed by atoms with E-state index in [1.54, 1.807) is 6.20 Å². The molecule has 0 aliphatic carbocycles. The van der Waals surface area contributed by atoms with Crippen LogP contribution in [0.15, 0.2) is 24.5 Å². The molecule has 6 heteroatoms. The van der Waals surface area contributed by atoms with Gasteiger partial charge in [0.15, 0.2) is 17.4 Å². The van der Waals surface area contributed by atoms with Gasteiger partial charge in [-0.05, 0) is 17.7 Å². The molecular weight excluding hydrogens is 266 g/mol. The number of ether oxygens (including phenoxy) is 2. The van der Waals surface area contributed by atoms with Gasteiger partial charge in [-0.15, -0.1) is 0 Å². The molecule has 0 unspecified atom stereocenters. The van der Waals surface area contributed by atoms with Crippen LogP contribution in [0.2, 0.25) is 5.02 Å². The summed E-state index contributed by atoms with van der Waals surface area (Å²) in [6.45, 7) is 1.86. The number of halogens is 1. The third kappa shape index (κ3) is 2.46. The molecule has 0 radical (unpaired) electrons. The van der Waals surface area contributed by atoms with Crippen molar-refractivity contribution >= 4 is 17.5 Å². The number of anilines is 1. The van der Waals surface area contributed by atoms with Crippen molar-refractivity contribution in [3.63, 3.8) is 0 Å². The first-order chi connectivity index (χ1) is 9.24. The fraction of sp³-hybridized carbons (Fsp3) is 0.308. The Bertz CT molecular complexity index is 598. The quantitative estimate of drug-likeness (QED) is 0.916. The minimum atomic E-state index is 0.475. The van der Waals surface area contributed by atoms with E-state index in [1.807, 2.05) is 22.9 Å². The van der Waals surface area contributed by atoms with E-state index in [-0.39, 0.29) is 0 Å². The van der Waals surface area contributed by atoms with Gasteiger partial charge in [0.05, 0.1) is 24.8 Å². The zero-order valence-electron chi connectivity index (χ0n) is 10.3. The van der Waals surface area contributed by atoms with Crippen molar-refractivity contribution in [2.24, 2.45) is 0 Å². The summed E-state index contributed by atoms with van der Waals surface area (Å²) >= 11 is 6.24. The second-order valence-corrected chi connectivity index (χ2v) is 4.78. The Hall–Kier alpha value is -1.88. The molecule has 1 aliphatic heterocycles. The SMILES string of the molecule is Nc1nccn1Cc1cc(Cl)c2c(c1)OCCCO2. The van der Waals surface area contributed by atoms with E-state index < -0.39 is 0 Å². The fourth-order valence-electron chi connectivity index (χ4n) is 2.05. The number of rotatable bonds is 2. The summed E-state index contributed by atoms with van der Waals surface area (Å²) in [4.78, 5) is 3.99. The van der Waals surface area contributed by atoms with Gasteiger partial charge >= 0.3 is 0 Å². The largest absolute Gasteiger partial charge is 0.489 e. The highest BCUT2D eigenvalue weighted by molar-refractivity contribution is 6.32. The van der Waals surface area contributed by atoms with E-state index in [2.05, 4.69) is 4.98 Å². The summed E-state index contributed by atoms with van der Waals surface area (Å²) in [5.41, 5.74) is 6.75. The lowest BCUT2D eigenvalue weighted by molar-refractivity contribution is 0.297. The van der Waals surface area contributed by atoms with Crippen LogP contribution in [0.25, 0.3) is 0 Å². The average Bonchev–Trinajstić information content (AvgIpc) is 2.65. The smallest absolute Gasteiger partial charge is 0.200 e. The minimum Gasteiger partial charge on any atom is -0.489 e. The monoisotopic (exact) mass is 279 g/mol. The number of aromatic nitrogens is 2. The van der Waals surface area contributed by atoms with Gasteiger partial charge < -0.3 is 19.8 Å². The molecular formula is C13H14ClN3O2. The first kappa shape index (κ1) is 12.2. The van der Waals surface area contributed by atoms with E-state index in [9.17, 15) is 0 Å². The van der Waals surface area contributed by atoms with Gasteiger partial charge in [0.25, 0.3) is 0 Å². The molecule has 0 amide bonds. The molecule has 0 atom stereocenters. The van der Waals surface area contributed by atoms with Crippen molar-refractivity contribution in [1.29, 1.82) is 0 Å². The first-order valence-corrected chi connectivity index (χ1v) is 6.46. The molecule has 2 aromatic rings. The summed E-state index contributed by atoms with van der Waals surface area (Å²) < 4.78 is 13.1. The Morgan fingerprint density at radius 3 is 2.95 bits per heavy atom. The molecule has 2 heterocycles. The van der Waals surface area contributed by atoms with Gasteiger partial charge in [-0.25, -0.2) is 4.98 Å². The maximum Gasteiger partial charge on any atom is 0.200 e. The van der Waals surface area contributed by atoms with Crippen molar-refractivity contribution in [2.75, 3.05) is 18.9 Å². The van der Waals surface area contributed by atoms with Gasteiger partial charge in [-0.3, -0.25) is 0 Å². The maximum atomic E-state index is 6.24. The third-order valence-electron chi connectivity index (χ3n) is 2.96. The van der Waals surface area contributed by atoms with Crippen molar-refractivity contribution in [2.45, 2.75) is 13.0 Å². The van der Waals surface area contributed by atoms with Gasteiger partial charge in [-0.2, -0.15) is 0 Å². The Balaban J connectivity index is 1.93. The summed E-state index contributed by atoms with van der Waals surface area (Å²) in [5.74, 6) is 1.79. The molecule has 0 saturated heterocycles. The van der Waals surface area contributed by atoms with Crippen molar-refractivity contribution in [3.05, 3.63) is 35.1 Å². The van der Waals surface area contributed by atoms with Crippen LogP contribution < -0.4 is 15.2 Å². The number of hydrogen-bond donors (Lipinski definition) is 1. The topological polar surface area (TPSA) is 62.3 Å². The average molecular weight is 280 g/mol. The second-order valence-electron chi connectivity index (χ2n) is 4.37. The van der Waals surface area contributed by atoms with E-state index >= 15 is 0 Å². The van der Waals surface area contributed by atoms with Gasteiger partial charge in [0.2, 0.25) is 0 Å². The highest BCUT2D eigenvalue weighted by Crippen LogP contribution is 2.38. The number of nitrogens with two attached hydrogens (primary N) is 1. The van der Waals surface area contributed by atoms with Crippen LogP contribution in [0.3, 0.4) is 0 Å². The number of benzene rings is 1. The zero-order chi connectivity index (χ0) is 13.2. The number of hydrogen-bond acceptors (Lipinski definition) is 4. The Morgan fingerprint density at radius 2 is 2.16 bits per heavy atom. The summed E-state index contributed by atoms with van der Waals surface area (Å²) in [6.07, 6.45) is 4.35. The lowest BCUT2D eigenvalue weighted by atomic mass is 10.2.